The van der Waals surface area contributed by atoms with Crippen molar-refractivity contribution in [2.24, 2.45) is 0 Å². The Morgan fingerprint density at radius 1 is 1.26 bits per heavy atom. The van der Waals surface area contributed by atoms with Gasteiger partial charge in [0.2, 0.25) is 10.9 Å². The van der Waals surface area contributed by atoms with Crippen LogP contribution in [0.2, 0.25) is 0 Å². The minimum atomic E-state index is -2.63. The smallest absolute Gasteiger partial charge is 0.204 e. The molecule has 0 spiro atoms. The minimum absolute atomic E-state index is 0.253. The van der Waals surface area contributed by atoms with Crippen molar-refractivity contribution in [2.75, 3.05) is 6.54 Å². The fraction of sp³-hybridized carbons (Fsp3) is 0.238. The van der Waals surface area contributed by atoms with Crippen LogP contribution >= 0.6 is 0 Å². The highest BCUT2D eigenvalue weighted by molar-refractivity contribution is 7.69. The molecule has 8 nitrogen and oxygen atoms in total. The molecule has 3 heterocycles. The Morgan fingerprint density at radius 2 is 2.10 bits per heavy atom. The zero-order valence-electron chi connectivity index (χ0n) is 16.6. The largest absolute Gasteiger partial charge is 0.505 e. The Bertz CT molecular complexity index is 1380. The first kappa shape index (κ1) is 19.7. The maximum atomic E-state index is 14.0. The number of nitrogens with zero attached hydrogens (tertiary/aromatic N) is 3. The predicted molar refractivity (Wildman–Crippen MR) is 115 cm³/mol. The van der Waals surface area contributed by atoms with Crippen molar-refractivity contribution in [1.29, 1.82) is 0 Å². The van der Waals surface area contributed by atoms with Gasteiger partial charge in [-0.2, -0.15) is 9.40 Å². The van der Waals surface area contributed by atoms with Crippen molar-refractivity contribution >= 4 is 21.8 Å². The quantitative estimate of drug-likeness (QED) is 0.364. The van der Waals surface area contributed by atoms with Gasteiger partial charge in [0.15, 0.2) is 17.4 Å². The summed E-state index contributed by atoms with van der Waals surface area (Å²) in [7, 11) is -2.63. The molecule has 0 radical (unpaired) electrons. The Hall–Kier alpha value is -3.24. The van der Waals surface area contributed by atoms with Crippen molar-refractivity contribution < 1.29 is 17.9 Å². The molecule has 1 aliphatic heterocycles. The molecule has 2 aromatic carbocycles. The van der Waals surface area contributed by atoms with E-state index >= 15 is 0 Å². The van der Waals surface area contributed by atoms with E-state index < -0.39 is 16.7 Å². The highest BCUT2D eigenvalue weighted by Gasteiger charge is 2.23. The van der Waals surface area contributed by atoms with E-state index in [2.05, 4.69) is 20.2 Å². The van der Waals surface area contributed by atoms with E-state index in [1.54, 1.807) is 0 Å². The summed E-state index contributed by atoms with van der Waals surface area (Å²) in [6.07, 6.45) is 1.23. The molecule has 2 aromatic heterocycles. The first-order valence-electron chi connectivity index (χ1n) is 9.92. The molecule has 0 atom stereocenters. The topological polar surface area (TPSA) is 115 Å². The molecule has 160 valence electrons. The van der Waals surface area contributed by atoms with Crippen LogP contribution in [0.4, 0.5) is 4.39 Å². The summed E-state index contributed by atoms with van der Waals surface area (Å²) in [5, 5.41) is 17.9. The van der Waals surface area contributed by atoms with E-state index in [0.29, 0.717) is 36.6 Å². The number of benzene rings is 2. The second kappa shape index (κ2) is 7.47. The number of phenolic OH excluding ortho intramolecular Hbond substituents is 1. The highest BCUT2D eigenvalue weighted by Crippen LogP contribution is 2.34. The maximum absolute atomic E-state index is 14.0. The van der Waals surface area contributed by atoms with Crippen LogP contribution in [0.3, 0.4) is 0 Å². The number of H-pyrrole nitrogens is 2. The summed E-state index contributed by atoms with van der Waals surface area (Å²) in [6, 6.07) is 8.48. The number of nitrogens with one attached hydrogen (secondary N) is 2. The van der Waals surface area contributed by atoms with Crippen LogP contribution in [0.25, 0.3) is 33.5 Å². The second-order valence-electron chi connectivity index (χ2n) is 7.53. The average Bonchev–Trinajstić information content (AvgIpc) is 3.37. The minimum Gasteiger partial charge on any atom is -0.505 e. The number of thiol groups is 1. The number of hydrogen-bond acceptors (Lipinski definition) is 5. The van der Waals surface area contributed by atoms with E-state index in [0.717, 1.165) is 33.3 Å². The van der Waals surface area contributed by atoms with Gasteiger partial charge in [-0.25, -0.2) is 17.8 Å². The van der Waals surface area contributed by atoms with Crippen LogP contribution in [-0.2, 0) is 30.3 Å². The number of halogens is 1. The fourth-order valence-corrected chi connectivity index (χ4v) is 4.57. The van der Waals surface area contributed by atoms with Crippen LogP contribution in [-0.4, -0.2) is 44.5 Å². The summed E-state index contributed by atoms with van der Waals surface area (Å²) in [5.41, 5.74) is 5.41. The van der Waals surface area contributed by atoms with Gasteiger partial charge in [-0.15, -0.1) is 0 Å². The standard InChI is InChI=1S/C21H20FN5O3S/c1-2-11-8-19(28)15(22)9-14(11)12-3-4-13-17(7-12)25-26-20(13)21-23-16-5-6-27(31(29)30)10-18(16)24-21/h3-4,7-9,28,31H,2,5-6,10H2,1H3,(H,23,24)(H,25,26). The lowest BCUT2D eigenvalue weighted by Crippen LogP contribution is -2.29. The molecule has 0 fully saturated rings. The number of aromatic nitrogens is 4. The highest BCUT2D eigenvalue weighted by atomic mass is 32.2. The number of imidazole rings is 1. The normalized spacial score (nSPS) is 14.4. The van der Waals surface area contributed by atoms with Crippen molar-refractivity contribution in [3.05, 3.63) is 53.1 Å². The van der Waals surface area contributed by atoms with Gasteiger partial charge < -0.3 is 10.1 Å². The number of phenols is 1. The van der Waals surface area contributed by atoms with E-state index in [1.165, 1.54) is 16.4 Å². The molecule has 0 aliphatic carbocycles. The van der Waals surface area contributed by atoms with Crippen molar-refractivity contribution in [1.82, 2.24) is 24.5 Å². The van der Waals surface area contributed by atoms with Gasteiger partial charge >= 0.3 is 0 Å². The maximum Gasteiger partial charge on any atom is 0.204 e. The molecular formula is C21H20FN5O3S. The second-order valence-corrected chi connectivity index (χ2v) is 8.57. The number of fused-ring (bicyclic) bond motifs is 2. The zero-order chi connectivity index (χ0) is 21.7. The molecule has 31 heavy (non-hydrogen) atoms. The third-order valence-electron chi connectivity index (χ3n) is 5.70. The number of aromatic amines is 2. The molecule has 10 heteroatoms. The molecule has 0 unspecified atom stereocenters. The van der Waals surface area contributed by atoms with Gasteiger partial charge in [0.25, 0.3) is 0 Å². The van der Waals surface area contributed by atoms with Gasteiger partial charge in [0.05, 0.1) is 17.8 Å². The van der Waals surface area contributed by atoms with Crippen LogP contribution < -0.4 is 0 Å². The fourth-order valence-electron chi connectivity index (χ4n) is 4.06. The van der Waals surface area contributed by atoms with Crippen LogP contribution in [0.5, 0.6) is 5.75 Å². The molecule has 0 saturated heterocycles. The van der Waals surface area contributed by atoms with Gasteiger partial charge in [-0.05, 0) is 47.4 Å². The molecule has 3 N–H and O–H groups in total. The van der Waals surface area contributed by atoms with Gasteiger partial charge in [0, 0.05) is 24.0 Å². The summed E-state index contributed by atoms with van der Waals surface area (Å²) >= 11 is 0. The summed E-state index contributed by atoms with van der Waals surface area (Å²) in [5.74, 6) is -0.433. The summed E-state index contributed by atoms with van der Waals surface area (Å²) in [6.45, 7) is 2.64. The number of hydrogen-bond donors (Lipinski definition) is 4. The molecule has 5 rings (SSSR count). The van der Waals surface area contributed by atoms with E-state index in [4.69, 9.17) is 0 Å². The third-order valence-corrected chi connectivity index (χ3v) is 6.50. The molecular weight excluding hydrogens is 421 g/mol. The predicted octanol–water partition coefficient (Wildman–Crippen LogP) is 2.91. The average molecular weight is 441 g/mol. The van der Waals surface area contributed by atoms with Gasteiger partial charge in [-0.3, -0.25) is 5.10 Å². The number of rotatable bonds is 4. The number of aromatic hydroxyl groups is 1. The summed E-state index contributed by atoms with van der Waals surface area (Å²) < 4.78 is 37.9. The van der Waals surface area contributed by atoms with Crippen molar-refractivity contribution in [3.63, 3.8) is 0 Å². The first-order chi connectivity index (χ1) is 14.9. The monoisotopic (exact) mass is 441 g/mol. The third kappa shape index (κ3) is 3.37. The Kier molecular flexibility index (Phi) is 4.75. The zero-order valence-corrected chi connectivity index (χ0v) is 17.5. The number of aryl methyl sites for hydroxylation is 1. The SMILES string of the molecule is CCc1cc(O)c(F)cc1-c1ccc2c(-c3nc4c([nH]3)CCN([SH](=O)=O)C4)n[nH]c2c1. The first-order valence-corrected chi connectivity index (χ1v) is 11.0. The van der Waals surface area contributed by atoms with E-state index in [-0.39, 0.29) is 12.3 Å². The lowest BCUT2D eigenvalue weighted by molar-refractivity contribution is 0.398. The molecule has 1 aliphatic rings. The molecule has 0 bridgehead atoms. The molecule has 0 amide bonds. The Morgan fingerprint density at radius 3 is 2.87 bits per heavy atom. The molecule has 0 saturated carbocycles. The lowest BCUT2D eigenvalue weighted by atomic mass is 9.96. The molecule has 4 aromatic rings. The van der Waals surface area contributed by atoms with Crippen molar-refractivity contribution in [3.8, 4) is 28.4 Å². The summed E-state index contributed by atoms with van der Waals surface area (Å²) in [4.78, 5) is 7.85. The van der Waals surface area contributed by atoms with Gasteiger partial charge in [0.1, 0.15) is 5.69 Å². The van der Waals surface area contributed by atoms with Crippen LogP contribution in [0.1, 0.15) is 23.9 Å². The Balaban J connectivity index is 1.54. The lowest BCUT2D eigenvalue weighted by Gasteiger charge is -2.19. The van der Waals surface area contributed by atoms with Crippen molar-refractivity contribution in [2.45, 2.75) is 26.3 Å². The van der Waals surface area contributed by atoms with E-state index in [1.807, 2.05) is 25.1 Å². The van der Waals surface area contributed by atoms with Crippen LogP contribution in [0, 0.1) is 5.82 Å². The van der Waals surface area contributed by atoms with E-state index in [9.17, 15) is 17.9 Å². The van der Waals surface area contributed by atoms with Crippen LogP contribution in [0.15, 0.2) is 30.3 Å². The Labute approximate surface area is 178 Å². The van der Waals surface area contributed by atoms with Gasteiger partial charge in [-0.1, -0.05) is 13.0 Å².